The molecule has 0 saturated carbocycles. The molecule has 7 heteroatoms. The summed E-state index contributed by atoms with van der Waals surface area (Å²) >= 11 is 0. The largest absolute Gasteiger partial charge is 0.495 e. The van der Waals surface area contributed by atoms with Crippen molar-refractivity contribution in [3.05, 3.63) is 72.8 Å². The Morgan fingerprint density at radius 2 is 1.37 bits per heavy atom. The van der Waals surface area contributed by atoms with E-state index < -0.39 is 0 Å². The molecule has 0 bridgehead atoms. The van der Waals surface area contributed by atoms with Crippen molar-refractivity contribution >= 4 is 22.7 Å². The smallest absolute Gasteiger partial charge is 0.148 e. The average molecular weight is 361 g/mol. The van der Waals surface area contributed by atoms with Gasteiger partial charge in [0, 0.05) is 6.07 Å². The number of rotatable bonds is 7. The Morgan fingerprint density at radius 3 is 2.15 bits per heavy atom. The Bertz CT molecular complexity index is 942. The van der Waals surface area contributed by atoms with Crippen LogP contribution in [0.4, 0.5) is 22.7 Å². The fraction of sp³-hybridized carbons (Fsp3) is 0.100. The molecular formula is C20H19N5O2. The first kappa shape index (κ1) is 18.1. The first-order valence-electron chi connectivity index (χ1n) is 8.25. The third-order valence-electron chi connectivity index (χ3n) is 3.64. The number of hydrogen-bond donors (Lipinski definition) is 1. The molecule has 0 saturated heterocycles. The number of hydrogen-bond acceptors (Lipinski definition) is 6. The molecule has 0 amide bonds. The zero-order valence-electron chi connectivity index (χ0n) is 15.0. The molecule has 3 rings (SSSR count). The Morgan fingerprint density at radius 1 is 0.667 bits per heavy atom. The van der Waals surface area contributed by atoms with E-state index in [1.165, 1.54) is 0 Å². The van der Waals surface area contributed by atoms with E-state index in [1.807, 2.05) is 54.6 Å². The maximum atomic E-state index is 5.38. The Hall–Kier alpha value is -3.74. The van der Waals surface area contributed by atoms with E-state index in [0.717, 1.165) is 11.4 Å². The van der Waals surface area contributed by atoms with Gasteiger partial charge < -0.3 is 9.47 Å². The van der Waals surface area contributed by atoms with E-state index in [9.17, 15) is 0 Å². The van der Waals surface area contributed by atoms with Crippen LogP contribution in [0.25, 0.3) is 0 Å². The van der Waals surface area contributed by atoms with Gasteiger partial charge in [-0.2, -0.15) is 10.2 Å². The predicted octanol–water partition coefficient (Wildman–Crippen LogP) is 6.23. The lowest BCUT2D eigenvalue weighted by molar-refractivity contribution is 0.415. The highest BCUT2D eigenvalue weighted by Crippen LogP contribution is 2.33. The van der Waals surface area contributed by atoms with Gasteiger partial charge in [0.2, 0.25) is 0 Å². The SMILES string of the molecule is COc1cc(N=Nc2ccccc2)ccc1N=NNc1ccccc1OC. The molecule has 3 aromatic rings. The average Bonchev–Trinajstić information content (AvgIpc) is 2.74. The van der Waals surface area contributed by atoms with Crippen molar-refractivity contribution in [2.75, 3.05) is 19.6 Å². The number of methoxy groups -OCH3 is 2. The van der Waals surface area contributed by atoms with Crippen molar-refractivity contribution in [1.29, 1.82) is 0 Å². The summed E-state index contributed by atoms with van der Waals surface area (Å²) in [5, 5.41) is 16.6. The number of nitrogens with zero attached hydrogens (tertiary/aromatic N) is 4. The minimum Gasteiger partial charge on any atom is -0.495 e. The summed E-state index contributed by atoms with van der Waals surface area (Å²) in [4.78, 5) is 0. The second-order valence-corrected chi connectivity index (χ2v) is 5.40. The van der Waals surface area contributed by atoms with Gasteiger partial charge in [0.1, 0.15) is 17.2 Å². The van der Waals surface area contributed by atoms with Gasteiger partial charge in [0.15, 0.2) is 0 Å². The summed E-state index contributed by atoms with van der Waals surface area (Å²) < 4.78 is 10.6. The molecule has 1 N–H and O–H groups in total. The number of azo groups is 1. The third kappa shape index (κ3) is 4.88. The molecule has 0 unspecified atom stereocenters. The number of ether oxygens (including phenoxy) is 2. The van der Waals surface area contributed by atoms with Gasteiger partial charge in [-0.05, 0) is 36.4 Å². The van der Waals surface area contributed by atoms with Gasteiger partial charge in [-0.3, -0.25) is 5.43 Å². The van der Waals surface area contributed by atoms with E-state index in [-0.39, 0.29) is 0 Å². The van der Waals surface area contributed by atoms with Gasteiger partial charge in [0.25, 0.3) is 0 Å². The van der Waals surface area contributed by atoms with Gasteiger partial charge in [-0.15, -0.1) is 5.11 Å². The number of nitrogens with one attached hydrogen (secondary N) is 1. The zero-order valence-corrected chi connectivity index (χ0v) is 15.0. The molecule has 0 atom stereocenters. The van der Waals surface area contributed by atoms with Crippen LogP contribution >= 0.6 is 0 Å². The zero-order chi connectivity index (χ0) is 18.9. The van der Waals surface area contributed by atoms with Crippen LogP contribution in [-0.2, 0) is 0 Å². The van der Waals surface area contributed by atoms with Crippen LogP contribution in [0, 0.1) is 0 Å². The molecule has 0 aliphatic rings. The lowest BCUT2D eigenvalue weighted by atomic mass is 10.2. The molecule has 0 radical (unpaired) electrons. The van der Waals surface area contributed by atoms with E-state index in [4.69, 9.17) is 9.47 Å². The molecular weight excluding hydrogens is 342 g/mol. The summed E-state index contributed by atoms with van der Waals surface area (Å²) in [5.41, 5.74) is 5.59. The monoisotopic (exact) mass is 361 g/mol. The lowest BCUT2D eigenvalue weighted by Gasteiger charge is -2.06. The lowest BCUT2D eigenvalue weighted by Crippen LogP contribution is -1.92. The highest BCUT2D eigenvalue weighted by atomic mass is 16.5. The topological polar surface area (TPSA) is 79.9 Å². The minimum atomic E-state index is 0.546. The van der Waals surface area contributed by atoms with Crippen LogP contribution in [-0.4, -0.2) is 14.2 Å². The second-order valence-electron chi connectivity index (χ2n) is 5.40. The van der Waals surface area contributed by atoms with E-state index in [0.29, 0.717) is 22.9 Å². The highest BCUT2D eigenvalue weighted by Gasteiger charge is 2.04. The molecule has 0 aliphatic carbocycles. The van der Waals surface area contributed by atoms with Crippen molar-refractivity contribution in [3.8, 4) is 11.5 Å². The molecule has 27 heavy (non-hydrogen) atoms. The van der Waals surface area contributed by atoms with Gasteiger partial charge >= 0.3 is 0 Å². The van der Waals surface area contributed by atoms with Gasteiger partial charge in [-0.25, -0.2) is 0 Å². The van der Waals surface area contributed by atoms with Crippen molar-refractivity contribution in [2.45, 2.75) is 0 Å². The normalized spacial score (nSPS) is 11.0. The summed E-state index contributed by atoms with van der Waals surface area (Å²) in [5.74, 6) is 1.23. The first-order chi connectivity index (χ1) is 13.3. The van der Waals surface area contributed by atoms with Crippen molar-refractivity contribution in [1.82, 2.24) is 0 Å². The third-order valence-corrected chi connectivity index (χ3v) is 3.64. The summed E-state index contributed by atoms with van der Waals surface area (Å²) in [6, 6.07) is 22.3. The van der Waals surface area contributed by atoms with Crippen LogP contribution < -0.4 is 14.9 Å². The van der Waals surface area contributed by atoms with E-state index in [2.05, 4.69) is 26.0 Å². The van der Waals surface area contributed by atoms with Crippen molar-refractivity contribution < 1.29 is 9.47 Å². The predicted molar refractivity (Wildman–Crippen MR) is 105 cm³/mol. The van der Waals surface area contributed by atoms with Crippen LogP contribution in [0.1, 0.15) is 0 Å². The van der Waals surface area contributed by atoms with Gasteiger partial charge in [-0.1, -0.05) is 35.6 Å². The van der Waals surface area contributed by atoms with E-state index >= 15 is 0 Å². The highest BCUT2D eigenvalue weighted by molar-refractivity contribution is 5.59. The quantitative estimate of drug-likeness (QED) is 0.400. The molecule has 0 heterocycles. The fourth-order valence-electron chi connectivity index (χ4n) is 2.29. The second kappa shape index (κ2) is 9.10. The summed E-state index contributed by atoms with van der Waals surface area (Å²) in [7, 11) is 3.17. The Balaban J connectivity index is 1.73. The molecule has 7 nitrogen and oxygen atoms in total. The molecule has 136 valence electrons. The number of para-hydroxylation sites is 2. The van der Waals surface area contributed by atoms with Gasteiger partial charge in [0.05, 0.1) is 31.3 Å². The van der Waals surface area contributed by atoms with Crippen LogP contribution in [0.2, 0.25) is 0 Å². The van der Waals surface area contributed by atoms with Crippen LogP contribution in [0.5, 0.6) is 11.5 Å². The number of benzene rings is 3. The standard InChI is InChI=1S/C20H19N5O2/c1-26-19-11-7-6-10-17(19)23-25-24-18-13-12-16(14-20(18)27-2)22-21-15-8-4-3-5-9-15/h3-14H,1-2H3,(H,23,24). The molecule has 3 aromatic carbocycles. The molecule has 0 fully saturated rings. The Labute approximate surface area is 157 Å². The first-order valence-corrected chi connectivity index (χ1v) is 8.25. The van der Waals surface area contributed by atoms with Crippen molar-refractivity contribution in [3.63, 3.8) is 0 Å². The van der Waals surface area contributed by atoms with Crippen LogP contribution in [0.15, 0.2) is 93.4 Å². The maximum Gasteiger partial charge on any atom is 0.148 e. The minimum absolute atomic E-state index is 0.546. The summed E-state index contributed by atoms with van der Waals surface area (Å²) in [6.45, 7) is 0. The molecule has 0 aliphatic heterocycles. The van der Waals surface area contributed by atoms with Crippen molar-refractivity contribution in [2.24, 2.45) is 20.6 Å². The fourth-order valence-corrected chi connectivity index (χ4v) is 2.29. The van der Waals surface area contributed by atoms with E-state index in [1.54, 1.807) is 32.4 Å². The summed E-state index contributed by atoms with van der Waals surface area (Å²) in [6.07, 6.45) is 0. The number of anilines is 1. The Kier molecular flexibility index (Phi) is 6.08. The molecule has 0 aromatic heterocycles. The van der Waals surface area contributed by atoms with Crippen LogP contribution in [0.3, 0.4) is 0 Å². The maximum absolute atomic E-state index is 5.38. The molecule has 0 spiro atoms.